The van der Waals surface area contributed by atoms with Crippen LogP contribution < -0.4 is 10.6 Å². The second-order valence-corrected chi connectivity index (χ2v) is 6.99. The summed E-state index contributed by atoms with van der Waals surface area (Å²) in [6, 6.07) is 15.3. The number of hydrogen-bond donors (Lipinski definition) is 2. The van der Waals surface area contributed by atoms with E-state index in [1.807, 2.05) is 18.4 Å². The molecule has 0 radical (unpaired) electrons. The molecular weight excluding hydrogens is 396 g/mol. The normalized spacial score (nSPS) is 10.8. The minimum Gasteiger partial charge on any atom is -0.459 e. The smallest absolute Gasteiger partial charge is 0.291 e. The largest absolute Gasteiger partial charge is 0.459 e. The summed E-state index contributed by atoms with van der Waals surface area (Å²) in [7, 11) is 0. The third-order valence-corrected chi connectivity index (χ3v) is 4.51. The third kappa shape index (κ3) is 4.35. The van der Waals surface area contributed by atoms with Gasteiger partial charge in [-0.3, -0.25) is 9.59 Å². The summed E-state index contributed by atoms with van der Waals surface area (Å²) < 4.78 is 7.00. The van der Waals surface area contributed by atoms with E-state index in [2.05, 4.69) is 25.8 Å². The van der Waals surface area contributed by atoms with E-state index in [9.17, 15) is 9.59 Å². The second-order valence-electron chi connectivity index (χ2n) is 6.99. The number of amides is 2. The van der Waals surface area contributed by atoms with Gasteiger partial charge in [-0.1, -0.05) is 18.2 Å². The molecule has 0 unspecified atom stereocenters. The highest BCUT2D eigenvalue weighted by Gasteiger charge is 2.17. The van der Waals surface area contributed by atoms with Crippen molar-refractivity contribution in [2.24, 2.45) is 0 Å². The van der Waals surface area contributed by atoms with Gasteiger partial charge in [-0.2, -0.15) is 0 Å². The first kappa shape index (κ1) is 20.0. The fraction of sp³-hybridized carbons (Fsp3) is 0.136. The standard InChI is InChI=1S/C22H20N6O3/c1-14(2)28-13-23-27-20(28)17-9-5-11-19(24-17)26-21(29)15-7-3-4-8-16(15)25-22(30)18-10-6-12-31-18/h3-14H,1-2H3,(H,25,30)(H,24,26,29). The fourth-order valence-electron chi connectivity index (χ4n) is 3.00. The van der Waals surface area contributed by atoms with Crippen LogP contribution in [0, 0.1) is 0 Å². The van der Waals surface area contributed by atoms with Crippen LogP contribution in [-0.4, -0.2) is 31.6 Å². The van der Waals surface area contributed by atoms with E-state index in [-0.39, 0.29) is 11.8 Å². The average Bonchev–Trinajstić information content (AvgIpc) is 3.46. The number of para-hydroxylation sites is 1. The molecular formula is C22H20N6O3. The molecule has 0 aliphatic rings. The van der Waals surface area contributed by atoms with Gasteiger partial charge in [0.2, 0.25) is 0 Å². The van der Waals surface area contributed by atoms with Crippen molar-refractivity contribution in [3.05, 3.63) is 78.5 Å². The number of aromatic nitrogens is 4. The lowest BCUT2D eigenvalue weighted by molar-refractivity contribution is 0.0996. The molecule has 4 rings (SSSR count). The lowest BCUT2D eigenvalue weighted by Gasteiger charge is -2.12. The van der Waals surface area contributed by atoms with Crippen molar-refractivity contribution in [1.82, 2.24) is 19.7 Å². The zero-order chi connectivity index (χ0) is 21.8. The number of carbonyl (C=O) groups excluding carboxylic acids is 2. The summed E-state index contributed by atoms with van der Waals surface area (Å²) in [5, 5.41) is 13.6. The molecule has 3 heterocycles. The van der Waals surface area contributed by atoms with E-state index in [0.29, 0.717) is 28.6 Å². The summed E-state index contributed by atoms with van der Waals surface area (Å²) in [4.78, 5) is 29.7. The molecule has 1 aromatic carbocycles. The zero-order valence-electron chi connectivity index (χ0n) is 16.9. The number of benzene rings is 1. The van der Waals surface area contributed by atoms with Gasteiger partial charge >= 0.3 is 0 Å². The number of rotatable bonds is 6. The number of nitrogens with zero attached hydrogens (tertiary/aromatic N) is 4. The maximum Gasteiger partial charge on any atom is 0.291 e. The second kappa shape index (κ2) is 8.62. The van der Waals surface area contributed by atoms with Crippen LogP contribution in [-0.2, 0) is 0 Å². The van der Waals surface area contributed by atoms with Gasteiger partial charge in [0.1, 0.15) is 17.8 Å². The molecule has 9 nitrogen and oxygen atoms in total. The fourth-order valence-corrected chi connectivity index (χ4v) is 3.00. The molecule has 156 valence electrons. The monoisotopic (exact) mass is 416 g/mol. The average molecular weight is 416 g/mol. The van der Waals surface area contributed by atoms with Crippen LogP contribution in [0.5, 0.6) is 0 Å². The molecule has 0 bridgehead atoms. The van der Waals surface area contributed by atoms with Crippen LogP contribution in [0.1, 0.15) is 40.8 Å². The van der Waals surface area contributed by atoms with Crippen LogP contribution >= 0.6 is 0 Å². The van der Waals surface area contributed by atoms with E-state index < -0.39 is 11.8 Å². The van der Waals surface area contributed by atoms with E-state index in [4.69, 9.17) is 4.42 Å². The Kier molecular flexibility index (Phi) is 5.57. The SMILES string of the molecule is CC(C)n1cnnc1-c1cccc(NC(=O)c2ccccc2NC(=O)c2ccco2)n1. The zero-order valence-corrected chi connectivity index (χ0v) is 16.9. The van der Waals surface area contributed by atoms with Gasteiger partial charge in [-0.05, 0) is 50.2 Å². The molecule has 31 heavy (non-hydrogen) atoms. The lowest BCUT2D eigenvalue weighted by Crippen LogP contribution is -2.18. The van der Waals surface area contributed by atoms with Crippen molar-refractivity contribution < 1.29 is 14.0 Å². The number of hydrogen-bond acceptors (Lipinski definition) is 6. The predicted molar refractivity (Wildman–Crippen MR) is 115 cm³/mol. The van der Waals surface area contributed by atoms with Gasteiger partial charge in [0.25, 0.3) is 11.8 Å². The molecule has 0 fully saturated rings. The van der Waals surface area contributed by atoms with Gasteiger partial charge in [-0.15, -0.1) is 10.2 Å². The van der Waals surface area contributed by atoms with Crippen LogP contribution in [0.4, 0.5) is 11.5 Å². The molecule has 0 spiro atoms. The Labute approximate surface area is 178 Å². The van der Waals surface area contributed by atoms with E-state index >= 15 is 0 Å². The maximum absolute atomic E-state index is 12.9. The Morgan fingerprint density at radius 1 is 0.968 bits per heavy atom. The summed E-state index contributed by atoms with van der Waals surface area (Å²) in [5.74, 6) is 0.257. The highest BCUT2D eigenvalue weighted by Crippen LogP contribution is 2.21. The first-order valence-electron chi connectivity index (χ1n) is 9.65. The number of pyridine rings is 1. The van der Waals surface area contributed by atoms with Crippen LogP contribution in [0.15, 0.2) is 71.6 Å². The summed E-state index contributed by atoms with van der Waals surface area (Å²) in [5.41, 5.74) is 1.24. The molecule has 0 aliphatic carbocycles. The Morgan fingerprint density at radius 3 is 2.58 bits per heavy atom. The van der Waals surface area contributed by atoms with Gasteiger partial charge in [0.05, 0.1) is 17.5 Å². The van der Waals surface area contributed by atoms with Crippen LogP contribution in [0.2, 0.25) is 0 Å². The maximum atomic E-state index is 12.9. The molecule has 3 aromatic heterocycles. The first-order chi connectivity index (χ1) is 15.0. The van der Waals surface area contributed by atoms with Crippen LogP contribution in [0.3, 0.4) is 0 Å². The quantitative estimate of drug-likeness (QED) is 0.491. The Hall–Kier alpha value is -4.27. The lowest BCUT2D eigenvalue weighted by atomic mass is 10.1. The highest BCUT2D eigenvalue weighted by atomic mass is 16.3. The first-order valence-corrected chi connectivity index (χ1v) is 9.65. The molecule has 0 saturated heterocycles. The van der Waals surface area contributed by atoms with Crippen LogP contribution in [0.25, 0.3) is 11.5 Å². The molecule has 4 aromatic rings. The Balaban J connectivity index is 1.56. The number of nitrogens with one attached hydrogen (secondary N) is 2. The van der Waals surface area contributed by atoms with E-state index in [1.54, 1.807) is 60.9 Å². The van der Waals surface area contributed by atoms with E-state index in [1.165, 1.54) is 6.26 Å². The van der Waals surface area contributed by atoms with Gasteiger partial charge in [0, 0.05) is 6.04 Å². The minimum absolute atomic E-state index is 0.152. The summed E-state index contributed by atoms with van der Waals surface area (Å²) in [6.07, 6.45) is 3.05. The molecule has 0 saturated carbocycles. The number of anilines is 2. The minimum atomic E-state index is -0.446. The third-order valence-electron chi connectivity index (χ3n) is 4.51. The molecule has 2 amide bonds. The predicted octanol–water partition coefficient (Wildman–Crippen LogP) is 4.02. The van der Waals surface area contributed by atoms with E-state index in [0.717, 1.165) is 0 Å². The van der Waals surface area contributed by atoms with Crippen molar-refractivity contribution in [1.29, 1.82) is 0 Å². The Bertz CT molecular complexity index is 1210. The van der Waals surface area contributed by atoms with Crippen molar-refractivity contribution in [2.45, 2.75) is 19.9 Å². The summed E-state index contributed by atoms with van der Waals surface area (Å²) >= 11 is 0. The molecule has 9 heteroatoms. The summed E-state index contributed by atoms with van der Waals surface area (Å²) in [6.45, 7) is 4.04. The molecule has 2 N–H and O–H groups in total. The van der Waals surface area contributed by atoms with Crippen molar-refractivity contribution in [3.63, 3.8) is 0 Å². The van der Waals surface area contributed by atoms with Gasteiger partial charge in [-0.25, -0.2) is 4.98 Å². The Morgan fingerprint density at radius 2 is 1.81 bits per heavy atom. The highest BCUT2D eigenvalue weighted by molar-refractivity contribution is 6.11. The topological polar surface area (TPSA) is 115 Å². The van der Waals surface area contributed by atoms with Gasteiger partial charge in [0.15, 0.2) is 11.6 Å². The number of furan rings is 1. The molecule has 0 aliphatic heterocycles. The van der Waals surface area contributed by atoms with Crippen molar-refractivity contribution in [3.8, 4) is 11.5 Å². The van der Waals surface area contributed by atoms with Crippen molar-refractivity contribution >= 4 is 23.3 Å². The van der Waals surface area contributed by atoms with Gasteiger partial charge < -0.3 is 19.6 Å². The number of carbonyl (C=O) groups is 2. The van der Waals surface area contributed by atoms with Crippen molar-refractivity contribution in [2.75, 3.05) is 10.6 Å². The molecule has 0 atom stereocenters.